The summed E-state index contributed by atoms with van der Waals surface area (Å²) in [4.78, 5) is 38.1. The fourth-order valence-corrected chi connectivity index (χ4v) is 7.63. The highest BCUT2D eigenvalue weighted by atomic mass is 16.6. The van der Waals surface area contributed by atoms with Crippen LogP contribution in [0.1, 0.15) is 265 Å². The Hall–Kier alpha value is -3.41. The van der Waals surface area contributed by atoms with Gasteiger partial charge in [-0.3, -0.25) is 14.4 Å². The molecule has 384 valence electrons. The minimum absolute atomic E-state index is 0.0964. The lowest BCUT2D eigenvalue weighted by atomic mass is 10.1. The molecule has 67 heavy (non-hydrogen) atoms. The van der Waals surface area contributed by atoms with E-state index in [4.69, 9.17) is 14.2 Å². The summed E-state index contributed by atoms with van der Waals surface area (Å²) in [6.45, 7) is 6.47. The molecule has 0 rings (SSSR count). The minimum Gasteiger partial charge on any atom is -0.462 e. The third kappa shape index (κ3) is 53.4. The van der Waals surface area contributed by atoms with E-state index in [2.05, 4.69) is 106 Å². The summed E-state index contributed by atoms with van der Waals surface area (Å²) in [6, 6.07) is 0. The van der Waals surface area contributed by atoms with Gasteiger partial charge in [-0.25, -0.2) is 0 Å². The molecule has 6 nitrogen and oxygen atoms in total. The lowest BCUT2D eigenvalue weighted by Gasteiger charge is -2.18. The van der Waals surface area contributed by atoms with E-state index in [9.17, 15) is 14.4 Å². The number of hydrogen-bond donors (Lipinski definition) is 0. The van der Waals surface area contributed by atoms with Gasteiger partial charge in [0.15, 0.2) is 6.10 Å². The monoisotopic (exact) mass is 933 g/mol. The molecule has 0 aromatic carbocycles. The summed E-state index contributed by atoms with van der Waals surface area (Å²) >= 11 is 0. The second kappa shape index (κ2) is 55.2. The molecule has 0 spiro atoms. The fourth-order valence-electron chi connectivity index (χ4n) is 7.63. The van der Waals surface area contributed by atoms with Crippen LogP contribution in [-0.2, 0) is 28.6 Å². The number of ether oxygens (including phenoxy) is 3. The van der Waals surface area contributed by atoms with Gasteiger partial charge in [0.1, 0.15) is 13.2 Å². The molecule has 0 saturated carbocycles. The first-order valence-corrected chi connectivity index (χ1v) is 28.1. The smallest absolute Gasteiger partial charge is 0.306 e. The Morgan fingerprint density at radius 3 is 0.940 bits per heavy atom. The number of carbonyl (C=O) groups is 3. The molecule has 1 atom stereocenters. The van der Waals surface area contributed by atoms with Crippen molar-refractivity contribution in [2.75, 3.05) is 13.2 Å². The van der Waals surface area contributed by atoms with Crippen LogP contribution in [0.3, 0.4) is 0 Å². The van der Waals surface area contributed by atoms with Gasteiger partial charge in [0.05, 0.1) is 0 Å². The van der Waals surface area contributed by atoms with E-state index in [1.807, 2.05) is 0 Å². The van der Waals surface area contributed by atoms with Gasteiger partial charge < -0.3 is 14.2 Å². The zero-order valence-corrected chi connectivity index (χ0v) is 43.9. The van der Waals surface area contributed by atoms with Crippen LogP contribution in [0.2, 0.25) is 0 Å². The van der Waals surface area contributed by atoms with Crippen molar-refractivity contribution in [3.63, 3.8) is 0 Å². The van der Waals surface area contributed by atoms with Crippen LogP contribution in [0.15, 0.2) is 85.1 Å². The van der Waals surface area contributed by atoms with Crippen LogP contribution in [0, 0.1) is 0 Å². The van der Waals surface area contributed by atoms with Gasteiger partial charge in [-0.15, -0.1) is 0 Å². The molecule has 0 radical (unpaired) electrons. The second-order valence-corrected chi connectivity index (χ2v) is 18.5. The van der Waals surface area contributed by atoms with Crippen molar-refractivity contribution in [2.45, 2.75) is 271 Å². The van der Waals surface area contributed by atoms with E-state index >= 15 is 0 Å². The van der Waals surface area contributed by atoms with Crippen LogP contribution in [-0.4, -0.2) is 37.2 Å². The van der Waals surface area contributed by atoms with E-state index < -0.39 is 6.10 Å². The SMILES string of the molecule is CC/C=C\C/C=C\C/C=C\CCCCCC(=O)OCC(COC(=O)CCCCCCCC/C=C\C/C=C\C/C=C\CCCCCCC)OC(=O)CCCCCCC/C=C\CCCCCCCC. The molecule has 0 heterocycles. The van der Waals surface area contributed by atoms with E-state index in [1.165, 1.54) is 109 Å². The Morgan fingerprint density at radius 2 is 0.582 bits per heavy atom. The summed E-state index contributed by atoms with van der Waals surface area (Å²) in [7, 11) is 0. The largest absolute Gasteiger partial charge is 0.462 e. The summed E-state index contributed by atoms with van der Waals surface area (Å²) in [6.07, 6.45) is 71.4. The van der Waals surface area contributed by atoms with E-state index in [-0.39, 0.29) is 31.1 Å². The van der Waals surface area contributed by atoms with Crippen LogP contribution >= 0.6 is 0 Å². The third-order valence-electron chi connectivity index (χ3n) is 11.9. The number of rotatable bonds is 50. The normalized spacial score (nSPS) is 12.7. The highest BCUT2D eigenvalue weighted by Gasteiger charge is 2.19. The molecular weight excluding hydrogens is 829 g/mol. The molecule has 0 aromatic heterocycles. The number of unbranched alkanes of at least 4 members (excludes halogenated alkanes) is 25. The highest BCUT2D eigenvalue weighted by molar-refractivity contribution is 5.71. The molecule has 6 heteroatoms. The van der Waals surface area contributed by atoms with Crippen molar-refractivity contribution in [1.29, 1.82) is 0 Å². The van der Waals surface area contributed by atoms with Gasteiger partial charge in [-0.1, -0.05) is 215 Å². The van der Waals surface area contributed by atoms with Crippen molar-refractivity contribution < 1.29 is 28.6 Å². The molecule has 0 aliphatic carbocycles. The molecule has 1 unspecified atom stereocenters. The standard InChI is InChI=1S/C61H104O6/c1-4-7-10-13-16-19-22-25-27-28-29-30-31-32-34-36-39-42-45-48-51-54-60(63)66-57-58(56-65-59(62)53-50-47-44-41-38-35-24-21-18-15-12-9-6-3)67-61(64)55-52-49-46-43-40-37-33-26-23-20-17-14-11-8-5-2/h9,12,18,21-22,25-26,28-29,31-33,35,38,58H,4-8,10-11,13-17,19-20,23-24,27,30,34,36-37,39-57H2,1-3H3/b12-9-,21-18-,25-22-,29-28-,32-31-,33-26-,38-35-. The molecule has 0 N–H and O–H groups in total. The average Bonchev–Trinajstić information content (AvgIpc) is 3.33. The summed E-state index contributed by atoms with van der Waals surface area (Å²) < 4.78 is 16.8. The fraction of sp³-hybridized carbons (Fsp3) is 0.721. The lowest BCUT2D eigenvalue weighted by molar-refractivity contribution is -0.167. The quantitative estimate of drug-likeness (QED) is 0.0262. The third-order valence-corrected chi connectivity index (χ3v) is 11.9. The first-order chi connectivity index (χ1) is 33.0. The molecule has 0 amide bonds. The Bertz CT molecular complexity index is 1300. The zero-order valence-electron chi connectivity index (χ0n) is 43.9. The van der Waals surface area contributed by atoms with Crippen molar-refractivity contribution >= 4 is 17.9 Å². The topological polar surface area (TPSA) is 78.9 Å². The van der Waals surface area contributed by atoms with Gasteiger partial charge in [0.2, 0.25) is 0 Å². The highest BCUT2D eigenvalue weighted by Crippen LogP contribution is 2.14. The maximum Gasteiger partial charge on any atom is 0.306 e. The first kappa shape index (κ1) is 63.6. The Kier molecular flexibility index (Phi) is 52.4. The Balaban J connectivity index is 4.42. The van der Waals surface area contributed by atoms with Gasteiger partial charge in [0.25, 0.3) is 0 Å². The van der Waals surface area contributed by atoms with E-state index in [0.29, 0.717) is 19.3 Å². The van der Waals surface area contributed by atoms with Gasteiger partial charge in [0, 0.05) is 19.3 Å². The summed E-state index contributed by atoms with van der Waals surface area (Å²) in [5, 5.41) is 0. The van der Waals surface area contributed by atoms with Crippen molar-refractivity contribution in [2.24, 2.45) is 0 Å². The Labute approximate surface area is 414 Å². The van der Waals surface area contributed by atoms with Gasteiger partial charge in [-0.2, -0.15) is 0 Å². The molecule has 0 saturated heterocycles. The predicted molar refractivity (Wildman–Crippen MR) is 288 cm³/mol. The minimum atomic E-state index is -0.799. The molecule has 0 fully saturated rings. The van der Waals surface area contributed by atoms with Crippen LogP contribution in [0.4, 0.5) is 0 Å². The maximum atomic E-state index is 12.8. The van der Waals surface area contributed by atoms with Crippen LogP contribution in [0.25, 0.3) is 0 Å². The van der Waals surface area contributed by atoms with E-state index in [0.717, 1.165) is 116 Å². The lowest BCUT2D eigenvalue weighted by Crippen LogP contribution is -2.30. The number of carbonyl (C=O) groups excluding carboxylic acids is 3. The predicted octanol–water partition coefficient (Wildman–Crippen LogP) is 18.8. The van der Waals surface area contributed by atoms with Gasteiger partial charge >= 0.3 is 17.9 Å². The maximum absolute atomic E-state index is 12.8. The van der Waals surface area contributed by atoms with Crippen LogP contribution in [0.5, 0.6) is 0 Å². The molecule has 0 aliphatic rings. The molecular formula is C61H104O6. The van der Waals surface area contributed by atoms with Gasteiger partial charge in [-0.05, 0) is 116 Å². The number of hydrogen-bond acceptors (Lipinski definition) is 6. The second-order valence-electron chi connectivity index (χ2n) is 18.5. The number of allylic oxidation sites excluding steroid dienone is 14. The van der Waals surface area contributed by atoms with E-state index in [1.54, 1.807) is 0 Å². The average molecular weight is 933 g/mol. The van der Waals surface area contributed by atoms with Crippen molar-refractivity contribution in [3.8, 4) is 0 Å². The zero-order chi connectivity index (χ0) is 48.6. The Morgan fingerprint density at radius 1 is 0.313 bits per heavy atom. The van der Waals surface area contributed by atoms with Crippen LogP contribution < -0.4 is 0 Å². The molecule has 0 aromatic rings. The first-order valence-electron chi connectivity index (χ1n) is 28.1. The summed E-state index contributed by atoms with van der Waals surface area (Å²) in [5.74, 6) is -0.944. The summed E-state index contributed by atoms with van der Waals surface area (Å²) in [5.41, 5.74) is 0. The van der Waals surface area contributed by atoms with Crippen molar-refractivity contribution in [3.05, 3.63) is 85.1 Å². The molecule has 0 bridgehead atoms. The number of esters is 3. The molecule has 0 aliphatic heterocycles. The van der Waals surface area contributed by atoms with Crippen molar-refractivity contribution in [1.82, 2.24) is 0 Å².